The first kappa shape index (κ1) is 60.0. The van der Waals surface area contributed by atoms with Gasteiger partial charge >= 0.3 is 5.97 Å². The van der Waals surface area contributed by atoms with Gasteiger partial charge in [0.1, 0.15) is 19.3 Å². The van der Waals surface area contributed by atoms with Crippen molar-refractivity contribution in [2.45, 2.75) is 232 Å². The van der Waals surface area contributed by atoms with Gasteiger partial charge in [-0.15, -0.1) is 0 Å². The molecule has 0 aliphatic carbocycles. The molecule has 0 saturated heterocycles. The minimum Gasteiger partial charge on any atom is -0.756 e. The van der Waals surface area contributed by atoms with Crippen molar-refractivity contribution in [3.05, 3.63) is 48.6 Å². The Balaban J connectivity index is 5.48. The first-order valence-electron chi connectivity index (χ1n) is 25.5. The third-order valence-corrected chi connectivity index (χ3v) is 12.0. The minimum absolute atomic E-state index is 0.0255. The van der Waals surface area contributed by atoms with Crippen molar-refractivity contribution < 1.29 is 37.3 Å². The molecule has 0 radical (unpaired) electrons. The monoisotopic (exact) mass is 893 g/mol. The molecule has 0 fully saturated rings. The van der Waals surface area contributed by atoms with Crippen molar-refractivity contribution in [2.24, 2.45) is 0 Å². The van der Waals surface area contributed by atoms with Crippen LogP contribution in [0.4, 0.5) is 0 Å². The van der Waals surface area contributed by atoms with E-state index in [4.69, 9.17) is 13.8 Å². The standard InChI is InChI=1S/C52H97N2O7P/c1-7-10-13-16-19-22-25-27-30-33-36-39-42-45-52(56)61-50(43-40-37-34-31-29-26-23-20-17-14-11-8-2)49(48-60-62(57,58)59-47-46-54(4,5)6)53-51(55)44-41-38-35-32-28-24-21-18-15-12-9-3/h10,13,16,19,22,25,40,43,49-50H,7-9,11-12,14-15,17-18,20-21,23-24,26-39,41-42,44-48H2,1-6H3,(H-,53,55,57,58)/b13-10+,19-16+,25-22-,43-40+. The molecule has 0 aromatic heterocycles. The average molecular weight is 893 g/mol. The summed E-state index contributed by atoms with van der Waals surface area (Å²) in [5, 5.41) is 3.00. The van der Waals surface area contributed by atoms with Crippen LogP contribution in [-0.2, 0) is 27.9 Å². The van der Waals surface area contributed by atoms with E-state index < -0.39 is 26.6 Å². The van der Waals surface area contributed by atoms with Crippen LogP contribution in [0.15, 0.2) is 48.6 Å². The fraction of sp³-hybridized carbons (Fsp3) is 0.808. The third kappa shape index (κ3) is 43.2. The largest absolute Gasteiger partial charge is 0.756 e. The van der Waals surface area contributed by atoms with Gasteiger partial charge < -0.3 is 28.5 Å². The fourth-order valence-corrected chi connectivity index (χ4v) is 7.83. The SMILES string of the molecule is CC/C=C/C=C/C=C\CCCCCCCC(=O)OC(/C=C/CCCCCCCCCCCC)C(COP(=O)([O-])OCC[N+](C)(C)C)NC(=O)CCCCCCCCCCCCC. The van der Waals surface area contributed by atoms with Crippen molar-refractivity contribution in [3.8, 4) is 0 Å². The number of nitrogens with one attached hydrogen (secondary N) is 1. The van der Waals surface area contributed by atoms with Gasteiger partial charge in [0.15, 0.2) is 0 Å². The Hall–Kier alpha value is -2.03. The number of hydrogen-bond donors (Lipinski definition) is 1. The van der Waals surface area contributed by atoms with Crippen LogP contribution in [0, 0.1) is 0 Å². The lowest BCUT2D eigenvalue weighted by atomic mass is 10.0. The molecule has 1 N–H and O–H groups in total. The van der Waals surface area contributed by atoms with Crippen LogP contribution in [0.3, 0.4) is 0 Å². The number of ether oxygens (including phenoxy) is 1. The highest BCUT2D eigenvalue weighted by Crippen LogP contribution is 2.38. The summed E-state index contributed by atoms with van der Waals surface area (Å²) in [7, 11) is 1.17. The average Bonchev–Trinajstić information content (AvgIpc) is 3.22. The molecule has 0 aromatic rings. The first-order valence-corrected chi connectivity index (χ1v) is 26.9. The number of phosphoric ester groups is 1. The zero-order valence-electron chi connectivity index (χ0n) is 41.1. The second kappa shape index (κ2) is 42.9. The normalized spacial score (nSPS) is 14.4. The van der Waals surface area contributed by atoms with E-state index in [9.17, 15) is 19.0 Å². The molecule has 3 atom stereocenters. The molecule has 0 bridgehead atoms. The number of nitrogens with zero attached hydrogens (tertiary/aromatic N) is 1. The quantitative estimate of drug-likeness (QED) is 0.0162. The summed E-state index contributed by atoms with van der Waals surface area (Å²) in [5.74, 6) is -0.566. The maximum atomic E-state index is 13.4. The second-order valence-electron chi connectivity index (χ2n) is 18.4. The number of carbonyl (C=O) groups excluding carboxylic acids is 2. The highest BCUT2D eigenvalue weighted by atomic mass is 31.2. The molecule has 0 saturated carbocycles. The first-order chi connectivity index (χ1) is 29.9. The van der Waals surface area contributed by atoms with E-state index in [1.165, 1.54) is 103 Å². The minimum atomic E-state index is -4.69. The van der Waals surface area contributed by atoms with Crippen molar-refractivity contribution in [1.82, 2.24) is 5.32 Å². The number of rotatable bonds is 45. The molecule has 9 nitrogen and oxygen atoms in total. The van der Waals surface area contributed by atoms with Crippen molar-refractivity contribution in [1.29, 1.82) is 0 Å². The van der Waals surface area contributed by atoms with E-state index >= 15 is 0 Å². The molecule has 3 unspecified atom stereocenters. The number of esters is 1. The van der Waals surface area contributed by atoms with Gasteiger partial charge in [0.25, 0.3) is 7.82 Å². The summed E-state index contributed by atoms with van der Waals surface area (Å²) >= 11 is 0. The molecule has 0 spiro atoms. The van der Waals surface area contributed by atoms with E-state index in [2.05, 4.69) is 56.5 Å². The lowest BCUT2D eigenvalue weighted by molar-refractivity contribution is -0.870. The zero-order chi connectivity index (χ0) is 45.8. The molecule has 362 valence electrons. The second-order valence-corrected chi connectivity index (χ2v) is 19.8. The number of allylic oxidation sites excluding steroid dienone is 7. The van der Waals surface area contributed by atoms with Crippen molar-refractivity contribution >= 4 is 19.7 Å². The summed E-state index contributed by atoms with van der Waals surface area (Å²) in [5.41, 5.74) is 0. The van der Waals surface area contributed by atoms with Crippen LogP contribution >= 0.6 is 7.82 Å². The van der Waals surface area contributed by atoms with Crippen LogP contribution in [-0.4, -0.2) is 69.4 Å². The smallest absolute Gasteiger partial charge is 0.306 e. The van der Waals surface area contributed by atoms with Crippen LogP contribution in [0.1, 0.15) is 220 Å². The summed E-state index contributed by atoms with van der Waals surface area (Å²) in [6.07, 6.45) is 49.3. The zero-order valence-corrected chi connectivity index (χ0v) is 42.0. The third-order valence-electron chi connectivity index (χ3n) is 11.1. The van der Waals surface area contributed by atoms with E-state index in [0.29, 0.717) is 23.9 Å². The lowest BCUT2D eigenvalue weighted by Gasteiger charge is -2.30. The highest BCUT2D eigenvalue weighted by molar-refractivity contribution is 7.45. The fourth-order valence-electron chi connectivity index (χ4n) is 7.11. The number of unbranched alkanes of at least 4 members (excludes halogenated alkanes) is 25. The summed E-state index contributed by atoms with van der Waals surface area (Å²) in [6.45, 7) is 6.67. The van der Waals surface area contributed by atoms with Gasteiger partial charge in [0.05, 0.1) is 33.8 Å². The lowest BCUT2D eigenvalue weighted by Crippen LogP contribution is -2.47. The summed E-state index contributed by atoms with van der Waals surface area (Å²) < 4.78 is 30.1. The molecule has 62 heavy (non-hydrogen) atoms. The maximum Gasteiger partial charge on any atom is 0.306 e. The van der Waals surface area contributed by atoms with Gasteiger partial charge in [-0.3, -0.25) is 14.2 Å². The van der Waals surface area contributed by atoms with E-state index in [0.717, 1.165) is 77.0 Å². The van der Waals surface area contributed by atoms with Crippen molar-refractivity contribution in [3.63, 3.8) is 0 Å². The topological polar surface area (TPSA) is 114 Å². The van der Waals surface area contributed by atoms with Crippen LogP contribution in [0.5, 0.6) is 0 Å². The summed E-state index contributed by atoms with van der Waals surface area (Å²) in [6, 6.07) is -0.891. The molecular weight excluding hydrogens is 796 g/mol. The molecule has 0 aliphatic rings. The molecule has 1 amide bonds. The van der Waals surface area contributed by atoms with Gasteiger partial charge in [0.2, 0.25) is 5.91 Å². The van der Waals surface area contributed by atoms with Crippen LogP contribution in [0.2, 0.25) is 0 Å². The highest BCUT2D eigenvalue weighted by Gasteiger charge is 2.27. The number of amides is 1. The summed E-state index contributed by atoms with van der Waals surface area (Å²) in [4.78, 5) is 39.6. The van der Waals surface area contributed by atoms with Gasteiger partial charge in [-0.25, -0.2) is 0 Å². The van der Waals surface area contributed by atoms with E-state index in [1.807, 2.05) is 39.4 Å². The molecule has 0 heterocycles. The van der Waals surface area contributed by atoms with Crippen LogP contribution < -0.4 is 10.2 Å². The molecule has 0 aliphatic heterocycles. The van der Waals surface area contributed by atoms with E-state index in [-0.39, 0.29) is 24.9 Å². The number of hydrogen-bond acceptors (Lipinski definition) is 7. The van der Waals surface area contributed by atoms with Gasteiger partial charge in [-0.05, 0) is 51.0 Å². The molecule has 0 rings (SSSR count). The van der Waals surface area contributed by atoms with Gasteiger partial charge in [-0.1, -0.05) is 205 Å². The Labute approximate surface area is 382 Å². The van der Waals surface area contributed by atoms with Crippen LogP contribution in [0.25, 0.3) is 0 Å². The van der Waals surface area contributed by atoms with E-state index in [1.54, 1.807) is 0 Å². The number of quaternary nitrogens is 1. The number of phosphoric acid groups is 1. The number of carbonyl (C=O) groups is 2. The van der Waals surface area contributed by atoms with Gasteiger partial charge in [-0.2, -0.15) is 0 Å². The number of likely N-dealkylation sites (N-methyl/N-ethyl adjacent to an activating group) is 1. The predicted molar refractivity (Wildman–Crippen MR) is 261 cm³/mol. The Morgan fingerprint density at radius 3 is 1.53 bits per heavy atom. The van der Waals surface area contributed by atoms with Gasteiger partial charge in [0, 0.05) is 12.8 Å². The molecule has 10 heteroatoms. The maximum absolute atomic E-state index is 13.4. The Bertz CT molecular complexity index is 1210. The Kier molecular flexibility index (Phi) is 41.5. The molecular formula is C52H97N2O7P. The Morgan fingerprint density at radius 2 is 1.03 bits per heavy atom. The predicted octanol–water partition coefficient (Wildman–Crippen LogP) is 14.0. The van der Waals surface area contributed by atoms with Crippen molar-refractivity contribution in [2.75, 3.05) is 40.9 Å². The molecule has 0 aromatic carbocycles. The Morgan fingerprint density at radius 1 is 0.581 bits per heavy atom.